The second kappa shape index (κ2) is 3.75. The van der Waals surface area contributed by atoms with E-state index >= 15 is 0 Å². The highest BCUT2D eigenvalue weighted by molar-refractivity contribution is 7.89. The molecule has 0 aromatic rings. The highest BCUT2D eigenvalue weighted by Gasteiger charge is 2.19. The number of nitrogens with two attached hydrogens (primary N) is 1. The van der Waals surface area contributed by atoms with Crippen molar-refractivity contribution in [2.24, 2.45) is 10.6 Å². The minimum absolute atomic E-state index is 0.180. The Hall–Kier alpha value is -0.0900. The lowest BCUT2D eigenvalue weighted by Gasteiger charge is -2.19. The first-order chi connectivity index (χ1) is 5.13. The second-order valence-corrected chi connectivity index (χ2v) is 6.48. The molecule has 0 amide bonds. The van der Waals surface area contributed by atoms with Crippen molar-refractivity contribution in [1.82, 2.24) is 0 Å². The first-order valence-corrected chi connectivity index (χ1v) is 5.75. The minimum atomic E-state index is -3.33. The molecule has 0 aliphatic rings. The zero-order valence-corrected chi connectivity index (χ0v) is 9.11. The molecule has 0 aliphatic heterocycles. The molecule has 0 saturated carbocycles. The fourth-order valence-corrected chi connectivity index (χ4v) is 1.25. The van der Waals surface area contributed by atoms with Crippen molar-refractivity contribution in [1.29, 1.82) is 0 Å². The van der Waals surface area contributed by atoms with Crippen LogP contribution >= 0.6 is 0 Å². The molecule has 0 radical (unpaired) electrons. The van der Waals surface area contributed by atoms with E-state index in [2.05, 4.69) is 20.8 Å². The van der Waals surface area contributed by atoms with Crippen LogP contribution in [0, 0.1) is 5.41 Å². The molecule has 74 valence electrons. The van der Waals surface area contributed by atoms with Crippen molar-refractivity contribution in [2.75, 3.05) is 0 Å². The van der Waals surface area contributed by atoms with Gasteiger partial charge in [-0.3, -0.25) is 0 Å². The highest BCUT2D eigenvalue weighted by atomic mass is 32.2. The van der Waals surface area contributed by atoms with Crippen LogP contribution in [0.4, 0.5) is 0 Å². The van der Waals surface area contributed by atoms with E-state index in [4.69, 9.17) is 5.14 Å². The summed E-state index contributed by atoms with van der Waals surface area (Å²) >= 11 is 0. The summed E-state index contributed by atoms with van der Waals surface area (Å²) in [4.78, 5) is 0. The van der Waals surface area contributed by atoms with Crippen molar-refractivity contribution in [3.8, 4) is 0 Å². The summed E-state index contributed by atoms with van der Waals surface area (Å²) in [6, 6.07) is 0. The van der Waals surface area contributed by atoms with Gasteiger partial charge in [-0.15, -0.1) is 0 Å². The molecule has 0 aromatic heterocycles. The molecular formula is C8H19NO2S. The van der Waals surface area contributed by atoms with E-state index in [1.54, 1.807) is 6.92 Å². The molecule has 0 fully saturated rings. The molecule has 0 aliphatic carbocycles. The number of primary sulfonamides is 1. The molecule has 1 unspecified atom stereocenters. The number of hydrogen-bond acceptors (Lipinski definition) is 2. The molecule has 0 heterocycles. The van der Waals surface area contributed by atoms with E-state index in [1.807, 2.05) is 0 Å². The van der Waals surface area contributed by atoms with Crippen LogP contribution < -0.4 is 5.14 Å². The Balaban J connectivity index is 3.98. The third-order valence-corrected chi connectivity index (χ3v) is 3.22. The van der Waals surface area contributed by atoms with E-state index in [9.17, 15) is 8.42 Å². The van der Waals surface area contributed by atoms with Gasteiger partial charge < -0.3 is 0 Å². The highest BCUT2D eigenvalue weighted by Crippen LogP contribution is 2.22. The Morgan fingerprint density at radius 2 is 1.75 bits per heavy atom. The lowest BCUT2D eigenvalue weighted by Crippen LogP contribution is -2.26. The summed E-state index contributed by atoms with van der Waals surface area (Å²) in [6.07, 6.45) is 1.52. The van der Waals surface area contributed by atoms with Crippen molar-refractivity contribution in [3.63, 3.8) is 0 Å². The fourth-order valence-electron chi connectivity index (χ4n) is 0.801. The Morgan fingerprint density at radius 1 is 1.33 bits per heavy atom. The van der Waals surface area contributed by atoms with Gasteiger partial charge in [0.25, 0.3) is 0 Å². The number of sulfonamides is 1. The fraction of sp³-hybridized carbons (Fsp3) is 1.00. The smallest absolute Gasteiger partial charge is 0.211 e. The van der Waals surface area contributed by atoms with Crippen LogP contribution in [0.2, 0.25) is 0 Å². The van der Waals surface area contributed by atoms with Crippen LogP contribution in [0.15, 0.2) is 0 Å². The maximum absolute atomic E-state index is 10.8. The number of hydrogen-bond donors (Lipinski definition) is 1. The molecule has 0 saturated heterocycles. The lowest BCUT2D eigenvalue weighted by molar-refractivity contribution is 0.363. The average Bonchev–Trinajstić information content (AvgIpc) is 1.78. The van der Waals surface area contributed by atoms with Crippen LogP contribution in [0.25, 0.3) is 0 Å². The summed E-state index contributed by atoms with van der Waals surface area (Å²) < 4.78 is 21.7. The summed E-state index contributed by atoms with van der Waals surface area (Å²) in [5.74, 6) is 0. The minimum Gasteiger partial charge on any atom is -0.228 e. The molecular weight excluding hydrogens is 174 g/mol. The summed E-state index contributed by atoms with van der Waals surface area (Å²) in [5.41, 5.74) is 0.180. The van der Waals surface area contributed by atoms with Gasteiger partial charge in [0.15, 0.2) is 0 Å². The van der Waals surface area contributed by atoms with Crippen LogP contribution in [-0.4, -0.2) is 13.7 Å². The normalized spacial score (nSPS) is 16.1. The van der Waals surface area contributed by atoms with Crippen molar-refractivity contribution in [2.45, 2.75) is 45.8 Å². The molecule has 12 heavy (non-hydrogen) atoms. The Bertz CT molecular complexity index is 226. The van der Waals surface area contributed by atoms with Crippen molar-refractivity contribution < 1.29 is 8.42 Å². The molecule has 4 heteroatoms. The van der Waals surface area contributed by atoms with E-state index < -0.39 is 15.3 Å². The molecule has 3 nitrogen and oxygen atoms in total. The Morgan fingerprint density at radius 3 is 2.00 bits per heavy atom. The SMILES string of the molecule is CC(CCC(C)(C)C)S(N)(=O)=O. The monoisotopic (exact) mass is 193 g/mol. The molecule has 0 spiro atoms. The third kappa shape index (κ3) is 5.55. The summed E-state index contributed by atoms with van der Waals surface area (Å²) in [6.45, 7) is 7.91. The topological polar surface area (TPSA) is 60.2 Å². The number of rotatable bonds is 3. The lowest BCUT2D eigenvalue weighted by atomic mass is 9.90. The molecule has 1 atom stereocenters. The summed E-state index contributed by atoms with van der Waals surface area (Å²) in [5, 5.41) is 4.56. The van der Waals surface area contributed by atoms with Crippen molar-refractivity contribution >= 4 is 10.0 Å². The van der Waals surface area contributed by atoms with Gasteiger partial charge in [-0.2, -0.15) is 0 Å². The standard InChI is InChI=1S/C8H19NO2S/c1-7(12(9,10)11)5-6-8(2,3)4/h7H,5-6H2,1-4H3,(H2,9,10,11). The van der Waals surface area contributed by atoms with E-state index in [0.717, 1.165) is 6.42 Å². The summed E-state index contributed by atoms with van der Waals surface area (Å²) in [7, 11) is -3.33. The van der Waals surface area contributed by atoms with Crippen LogP contribution in [0.3, 0.4) is 0 Å². The van der Waals surface area contributed by atoms with Gasteiger partial charge >= 0.3 is 0 Å². The molecule has 2 N–H and O–H groups in total. The largest absolute Gasteiger partial charge is 0.228 e. The average molecular weight is 193 g/mol. The zero-order chi connectivity index (χ0) is 9.99. The molecule has 0 bridgehead atoms. The first-order valence-electron chi connectivity index (χ1n) is 4.14. The van der Waals surface area contributed by atoms with Gasteiger partial charge in [0.05, 0.1) is 5.25 Å². The predicted octanol–water partition coefficient (Wildman–Crippen LogP) is 1.49. The Kier molecular flexibility index (Phi) is 3.72. The predicted molar refractivity (Wildman–Crippen MR) is 51.3 cm³/mol. The van der Waals surface area contributed by atoms with Gasteiger partial charge in [-0.25, -0.2) is 13.6 Å². The van der Waals surface area contributed by atoms with E-state index in [0.29, 0.717) is 6.42 Å². The third-order valence-electron chi connectivity index (χ3n) is 1.86. The van der Waals surface area contributed by atoms with Gasteiger partial charge in [0.2, 0.25) is 10.0 Å². The van der Waals surface area contributed by atoms with Crippen molar-refractivity contribution in [3.05, 3.63) is 0 Å². The van der Waals surface area contributed by atoms with E-state index in [1.165, 1.54) is 0 Å². The molecule has 0 aromatic carbocycles. The van der Waals surface area contributed by atoms with Gasteiger partial charge in [-0.05, 0) is 25.2 Å². The molecule has 0 rings (SSSR count). The van der Waals surface area contributed by atoms with Gasteiger partial charge in [0, 0.05) is 0 Å². The maximum Gasteiger partial charge on any atom is 0.211 e. The second-order valence-electron chi connectivity index (χ2n) is 4.50. The van der Waals surface area contributed by atoms with Gasteiger partial charge in [-0.1, -0.05) is 20.8 Å². The maximum atomic E-state index is 10.8. The quantitative estimate of drug-likeness (QED) is 0.738. The van der Waals surface area contributed by atoms with Crippen LogP contribution in [0.5, 0.6) is 0 Å². The Labute approximate surface area is 75.4 Å². The van der Waals surface area contributed by atoms with Gasteiger partial charge in [0.1, 0.15) is 0 Å². The first kappa shape index (κ1) is 11.9. The van der Waals surface area contributed by atoms with Crippen LogP contribution in [-0.2, 0) is 10.0 Å². The zero-order valence-electron chi connectivity index (χ0n) is 8.29. The van der Waals surface area contributed by atoms with Crippen LogP contribution in [0.1, 0.15) is 40.5 Å². The van der Waals surface area contributed by atoms with E-state index in [-0.39, 0.29) is 5.41 Å².